The molecule has 0 heterocycles. The predicted molar refractivity (Wildman–Crippen MR) is 121 cm³/mol. The Morgan fingerprint density at radius 3 is 2.46 bits per heavy atom. The van der Waals surface area contributed by atoms with Gasteiger partial charge in [-0.15, -0.1) is 0 Å². The first kappa shape index (κ1) is 22.4. The molecule has 0 aliphatic heterocycles. The fourth-order valence-corrected chi connectivity index (χ4v) is 3.42. The van der Waals surface area contributed by atoms with Crippen molar-refractivity contribution < 1.29 is 9.53 Å². The van der Waals surface area contributed by atoms with E-state index in [1.165, 1.54) is 18.4 Å². The number of hydrogen-bond donors (Lipinski definition) is 0. The summed E-state index contributed by atoms with van der Waals surface area (Å²) >= 11 is 3.40. The number of halogens is 1. The topological polar surface area (TPSA) is 26.3 Å². The molecule has 3 heteroatoms. The van der Waals surface area contributed by atoms with Gasteiger partial charge in [0.05, 0.1) is 12.2 Å². The summed E-state index contributed by atoms with van der Waals surface area (Å²) in [6.45, 7) is 7.02. The van der Waals surface area contributed by atoms with Crippen LogP contribution in [-0.2, 0) is 11.2 Å². The maximum atomic E-state index is 12.5. The van der Waals surface area contributed by atoms with E-state index in [1.54, 1.807) is 12.1 Å². The van der Waals surface area contributed by atoms with Crippen LogP contribution < -0.4 is 0 Å². The molecule has 0 radical (unpaired) electrons. The molecular weight excluding hydrogens is 412 g/mol. The molecule has 0 fully saturated rings. The molecule has 0 bridgehead atoms. The smallest absolute Gasteiger partial charge is 0.338 e. The van der Waals surface area contributed by atoms with Crippen molar-refractivity contribution in [2.24, 2.45) is 11.3 Å². The lowest BCUT2D eigenvalue weighted by molar-refractivity contribution is 0.0236. The fraction of sp³-hybridized carbons (Fsp3) is 0.400. The summed E-state index contributed by atoms with van der Waals surface area (Å²) in [7, 11) is 0. The molecule has 0 unspecified atom stereocenters. The van der Waals surface area contributed by atoms with Gasteiger partial charge in [0.15, 0.2) is 0 Å². The molecule has 2 aromatic rings. The first-order valence-electron chi connectivity index (χ1n) is 10.1. The van der Waals surface area contributed by atoms with Crippen molar-refractivity contribution in [3.05, 3.63) is 82.3 Å². The first-order valence-corrected chi connectivity index (χ1v) is 10.9. The summed E-state index contributed by atoms with van der Waals surface area (Å²) in [5, 5.41) is 0. The highest BCUT2D eigenvalue weighted by Gasteiger charge is 2.32. The molecule has 0 aliphatic carbocycles. The van der Waals surface area contributed by atoms with Crippen molar-refractivity contribution in [3.63, 3.8) is 0 Å². The molecule has 0 saturated heterocycles. The molecule has 0 aromatic heterocycles. The van der Waals surface area contributed by atoms with E-state index >= 15 is 0 Å². The third-order valence-corrected chi connectivity index (χ3v) is 5.84. The highest BCUT2D eigenvalue weighted by Crippen LogP contribution is 2.33. The van der Waals surface area contributed by atoms with Gasteiger partial charge in [-0.25, -0.2) is 4.79 Å². The molecule has 2 aromatic carbocycles. The average molecular weight is 443 g/mol. The van der Waals surface area contributed by atoms with Crippen molar-refractivity contribution in [2.75, 3.05) is 6.61 Å². The number of hydrogen-bond acceptors (Lipinski definition) is 2. The number of esters is 1. The van der Waals surface area contributed by atoms with E-state index in [0.717, 1.165) is 17.3 Å². The summed E-state index contributed by atoms with van der Waals surface area (Å²) in [6, 6.07) is 17.7. The van der Waals surface area contributed by atoms with Gasteiger partial charge in [-0.05, 0) is 48.6 Å². The van der Waals surface area contributed by atoms with E-state index in [0.29, 0.717) is 18.1 Å². The Labute approximate surface area is 178 Å². The molecule has 150 valence electrons. The maximum Gasteiger partial charge on any atom is 0.338 e. The first-order chi connectivity index (χ1) is 13.4. The zero-order chi connectivity index (χ0) is 20.4. The average Bonchev–Trinajstić information content (AvgIpc) is 2.70. The van der Waals surface area contributed by atoms with Crippen LogP contribution in [0.3, 0.4) is 0 Å². The zero-order valence-electron chi connectivity index (χ0n) is 17.2. The van der Waals surface area contributed by atoms with Gasteiger partial charge in [0, 0.05) is 9.89 Å². The SMILES string of the molecule is CCCC/C=C/[C@H](C)[C@@](C)(COC(=O)c1ccc(Br)cc1)Cc1ccccc1. The second-order valence-corrected chi connectivity index (χ2v) is 8.67. The molecule has 0 spiro atoms. The third kappa shape index (κ3) is 6.94. The van der Waals surface area contributed by atoms with Crippen LogP contribution in [0.25, 0.3) is 0 Å². The summed E-state index contributed by atoms with van der Waals surface area (Å²) in [6.07, 6.45) is 8.92. The van der Waals surface area contributed by atoms with Gasteiger partial charge in [0.2, 0.25) is 0 Å². The van der Waals surface area contributed by atoms with Crippen molar-refractivity contribution in [1.82, 2.24) is 0 Å². The second kappa shape index (κ2) is 11.2. The molecule has 0 N–H and O–H groups in total. The minimum absolute atomic E-state index is 0.172. The molecule has 0 amide bonds. The van der Waals surface area contributed by atoms with Crippen molar-refractivity contribution in [3.8, 4) is 0 Å². The summed E-state index contributed by atoms with van der Waals surface area (Å²) in [4.78, 5) is 12.5. The van der Waals surface area contributed by atoms with E-state index in [-0.39, 0.29) is 11.4 Å². The second-order valence-electron chi connectivity index (χ2n) is 7.76. The van der Waals surface area contributed by atoms with Crippen LogP contribution in [0.5, 0.6) is 0 Å². The van der Waals surface area contributed by atoms with Crippen LogP contribution in [0, 0.1) is 11.3 Å². The number of benzene rings is 2. The number of allylic oxidation sites excluding steroid dienone is 2. The van der Waals surface area contributed by atoms with Gasteiger partial charge in [0.1, 0.15) is 0 Å². The minimum Gasteiger partial charge on any atom is -0.461 e. The monoisotopic (exact) mass is 442 g/mol. The van der Waals surface area contributed by atoms with Crippen molar-refractivity contribution in [2.45, 2.75) is 46.5 Å². The summed E-state index contributed by atoms with van der Waals surface area (Å²) in [5.74, 6) is 0.0243. The molecule has 0 aliphatic rings. The quantitative estimate of drug-likeness (QED) is 0.220. The Balaban J connectivity index is 2.11. The number of rotatable bonds is 10. The Kier molecular flexibility index (Phi) is 8.98. The Hall–Kier alpha value is -1.87. The Bertz CT molecular complexity index is 752. The number of unbranched alkanes of at least 4 members (excludes halogenated alkanes) is 2. The van der Waals surface area contributed by atoms with Crippen LogP contribution >= 0.6 is 15.9 Å². The van der Waals surface area contributed by atoms with Gasteiger partial charge in [0.25, 0.3) is 0 Å². The van der Waals surface area contributed by atoms with E-state index < -0.39 is 0 Å². The van der Waals surface area contributed by atoms with Crippen molar-refractivity contribution in [1.29, 1.82) is 0 Å². The maximum absolute atomic E-state index is 12.5. The van der Waals surface area contributed by atoms with Crippen LogP contribution in [0.15, 0.2) is 71.2 Å². The van der Waals surface area contributed by atoms with E-state index in [2.05, 4.69) is 73.1 Å². The highest BCUT2D eigenvalue weighted by atomic mass is 79.9. The Morgan fingerprint density at radius 1 is 1.14 bits per heavy atom. The molecule has 2 atom stereocenters. The molecular formula is C25H31BrO2. The fourth-order valence-electron chi connectivity index (χ4n) is 3.16. The van der Waals surface area contributed by atoms with E-state index in [1.807, 2.05) is 18.2 Å². The van der Waals surface area contributed by atoms with E-state index in [9.17, 15) is 4.79 Å². The third-order valence-electron chi connectivity index (χ3n) is 5.31. The van der Waals surface area contributed by atoms with Crippen molar-refractivity contribution >= 4 is 21.9 Å². The molecule has 0 saturated carbocycles. The van der Waals surface area contributed by atoms with Gasteiger partial charge in [-0.2, -0.15) is 0 Å². The van der Waals surface area contributed by atoms with Gasteiger partial charge in [-0.3, -0.25) is 0 Å². The molecule has 2 nitrogen and oxygen atoms in total. The van der Waals surface area contributed by atoms with Gasteiger partial charge in [-0.1, -0.05) is 92.0 Å². The summed E-state index contributed by atoms with van der Waals surface area (Å²) in [5.41, 5.74) is 1.67. The standard InChI is InChI=1S/C25H31BrO2/c1-4-5-6-8-11-20(2)25(3,18-21-12-9-7-10-13-21)19-28-24(27)22-14-16-23(26)17-15-22/h7-17,20H,4-6,18-19H2,1-3H3/b11-8+/t20-,25+/m0/s1. The minimum atomic E-state index is -0.269. The lowest BCUT2D eigenvalue weighted by atomic mass is 9.74. The van der Waals surface area contributed by atoms with Crippen LogP contribution in [0.4, 0.5) is 0 Å². The lowest BCUT2D eigenvalue weighted by Crippen LogP contribution is -2.33. The van der Waals surface area contributed by atoms with E-state index in [4.69, 9.17) is 4.74 Å². The number of carbonyl (C=O) groups is 1. The number of carbonyl (C=O) groups excluding carboxylic acids is 1. The molecule has 2 rings (SSSR count). The van der Waals surface area contributed by atoms with Gasteiger partial charge < -0.3 is 4.74 Å². The van der Waals surface area contributed by atoms with Gasteiger partial charge >= 0.3 is 5.97 Å². The number of ether oxygens (including phenoxy) is 1. The van der Waals surface area contributed by atoms with Crippen LogP contribution in [0.2, 0.25) is 0 Å². The lowest BCUT2D eigenvalue weighted by Gasteiger charge is -2.34. The normalized spacial score (nSPS) is 14.6. The van der Waals surface area contributed by atoms with Crippen LogP contribution in [0.1, 0.15) is 56.0 Å². The predicted octanol–water partition coefficient (Wildman–Crippen LogP) is 7.24. The summed E-state index contributed by atoms with van der Waals surface area (Å²) < 4.78 is 6.71. The molecule has 28 heavy (non-hydrogen) atoms. The Morgan fingerprint density at radius 2 is 1.82 bits per heavy atom. The largest absolute Gasteiger partial charge is 0.461 e. The zero-order valence-corrected chi connectivity index (χ0v) is 18.7. The van der Waals surface area contributed by atoms with Crippen LogP contribution in [-0.4, -0.2) is 12.6 Å². The highest BCUT2D eigenvalue weighted by molar-refractivity contribution is 9.10.